The molecule has 0 unspecified atom stereocenters. The van der Waals surface area contributed by atoms with Gasteiger partial charge in [0.2, 0.25) is 0 Å². The summed E-state index contributed by atoms with van der Waals surface area (Å²) in [5, 5.41) is 21.4. The molecule has 3 aromatic carbocycles. The van der Waals surface area contributed by atoms with E-state index in [1.165, 1.54) is 12.7 Å². The van der Waals surface area contributed by atoms with Gasteiger partial charge in [-0.05, 0) is 42.7 Å². The molecule has 0 amide bonds. The molecule has 36 heavy (non-hydrogen) atoms. The Hall–Kier alpha value is -3.94. The van der Waals surface area contributed by atoms with Gasteiger partial charge in [-0.1, -0.05) is 48.5 Å². The normalized spacial score (nSPS) is 15.3. The zero-order chi connectivity index (χ0) is 25.1. The standard InChI is InChI=1S/C29H29N3O4/c1-36-29(35)21-9-12-24-25(17-21)31-28(34)26(24)27(20-5-3-2-4-6-20)30-22-10-7-19(8-11-22)18-32-15-13-23(33)14-16-32/h2-12,17,23,31,33-34H,13-16,18H2,1H3. The van der Waals surface area contributed by atoms with Crippen LogP contribution in [-0.2, 0) is 11.3 Å². The summed E-state index contributed by atoms with van der Waals surface area (Å²) in [6.45, 7) is 2.64. The molecule has 1 aliphatic heterocycles. The van der Waals surface area contributed by atoms with E-state index in [1.807, 2.05) is 42.5 Å². The number of aromatic amines is 1. The predicted octanol–water partition coefficient (Wildman–Crippen LogP) is 4.79. The van der Waals surface area contributed by atoms with Gasteiger partial charge < -0.3 is 19.9 Å². The van der Waals surface area contributed by atoms with Crippen LogP contribution in [0.3, 0.4) is 0 Å². The molecule has 0 radical (unpaired) electrons. The zero-order valence-electron chi connectivity index (χ0n) is 20.1. The van der Waals surface area contributed by atoms with Crippen LogP contribution in [0.4, 0.5) is 5.69 Å². The van der Waals surface area contributed by atoms with Crippen LogP contribution in [0.5, 0.6) is 5.88 Å². The maximum absolute atomic E-state index is 12.0. The minimum atomic E-state index is -0.440. The molecule has 1 aliphatic rings. The van der Waals surface area contributed by atoms with E-state index in [2.05, 4.69) is 22.0 Å². The fourth-order valence-electron chi connectivity index (χ4n) is 4.67. The zero-order valence-corrected chi connectivity index (χ0v) is 20.1. The number of nitrogens with one attached hydrogen (secondary N) is 1. The highest BCUT2D eigenvalue weighted by Crippen LogP contribution is 2.32. The number of hydrogen-bond donors (Lipinski definition) is 3. The van der Waals surface area contributed by atoms with Gasteiger partial charge in [0.15, 0.2) is 5.88 Å². The van der Waals surface area contributed by atoms with E-state index in [-0.39, 0.29) is 12.0 Å². The number of nitrogens with zero attached hydrogens (tertiary/aromatic N) is 2. The van der Waals surface area contributed by atoms with E-state index in [9.17, 15) is 15.0 Å². The average Bonchev–Trinajstić information content (AvgIpc) is 3.24. The number of aliphatic imine (C=N–C) groups is 1. The van der Waals surface area contributed by atoms with Crippen molar-refractivity contribution < 1.29 is 19.7 Å². The molecule has 0 bridgehead atoms. The lowest BCUT2D eigenvalue weighted by molar-refractivity contribution is 0.0601. The Morgan fingerprint density at radius 1 is 1.03 bits per heavy atom. The van der Waals surface area contributed by atoms with Crippen LogP contribution in [0, 0.1) is 0 Å². The molecule has 0 spiro atoms. The molecule has 1 aromatic heterocycles. The fraction of sp³-hybridized carbons (Fsp3) is 0.241. The van der Waals surface area contributed by atoms with Crippen molar-refractivity contribution in [3.63, 3.8) is 0 Å². The first-order chi connectivity index (χ1) is 17.5. The van der Waals surface area contributed by atoms with Crippen LogP contribution < -0.4 is 0 Å². The Bertz CT molecular complexity index is 1390. The van der Waals surface area contributed by atoms with E-state index in [1.54, 1.807) is 18.2 Å². The third-order valence-corrected chi connectivity index (χ3v) is 6.62. The molecule has 2 heterocycles. The number of hydrogen-bond acceptors (Lipinski definition) is 6. The van der Waals surface area contributed by atoms with Crippen LogP contribution >= 0.6 is 0 Å². The molecule has 4 aromatic rings. The minimum Gasteiger partial charge on any atom is -0.494 e. The van der Waals surface area contributed by atoms with Gasteiger partial charge in [-0.25, -0.2) is 9.79 Å². The number of aromatic nitrogens is 1. The van der Waals surface area contributed by atoms with Crippen molar-refractivity contribution in [3.8, 4) is 5.88 Å². The van der Waals surface area contributed by atoms with Gasteiger partial charge in [0, 0.05) is 36.1 Å². The Kier molecular flexibility index (Phi) is 6.84. The van der Waals surface area contributed by atoms with Crippen molar-refractivity contribution >= 4 is 28.3 Å². The molecule has 1 fully saturated rings. The summed E-state index contributed by atoms with van der Waals surface area (Å²) in [4.78, 5) is 22.3. The summed E-state index contributed by atoms with van der Waals surface area (Å²) in [5.74, 6) is -0.455. The van der Waals surface area contributed by atoms with Gasteiger partial charge in [0.25, 0.3) is 0 Å². The van der Waals surface area contributed by atoms with E-state index in [0.29, 0.717) is 22.4 Å². The smallest absolute Gasteiger partial charge is 0.337 e. The number of aliphatic hydroxyl groups excluding tert-OH is 1. The molecular formula is C29H29N3O4. The van der Waals surface area contributed by atoms with Crippen LogP contribution in [0.2, 0.25) is 0 Å². The highest BCUT2D eigenvalue weighted by molar-refractivity contribution is 6.22. The first kappa shape index (κ1) is 23.8. The number of rotatable bonds is 6. The highest BCUT2D eigenvalue weighted by atomic mass is 16.5. The first-order valence-electron chi connectivity index (χ1n) is 12.1. The van der Waals surface area contributed by atoms with Crippen LogP contribution in [0.1, 0.15) is 39.9 Å². The molecule has 3 N–H and O–H groups in total. The molecule has 1 saturated heterocycles. The molecule has 7 heteroatoms. The van der Waals surface area contributed by atoms with Crippen molar-refractivity contribution in [1.82, 2.24) is 9.88 Å². The van der Waals surface area contributed by atoms with Crippen LogP contribution in [0.15, 0.2) is 77.8 Å². The lowest BCUT2D eigenvalue weighted by atomic mass is 10.00. The summed E-state index contributed by atoms with van der Waals surface area (Å²) < 4.78 is 4.83. The van der Waals surface area contributed by atoms with E-state index in [4.69, 9.17) is 9.73 Å². The monoisotopic (exact) mass is 483 g/mol. The third-order valence-electron chi connectivity index (χ3n) is 6.62. The number of fused-ring (bicyclic) bond motifs is 1. The van der Waals surface area contributed by atoms with E-state index < -0.39 is 5.97 Å². The van der Waals surface area contributed by atoms with Crippen LogP contribution in [-0.4, -0.2) is 58.1 Å². The number of methoxy groups -OCH3 is 1. The molecule has 184 valence electrons. The van der Waals surface area contributed by atoms with Crippen molar-refractivity contribution in [1.29, 1.82) is 0 Å². The molecule has 0 aliphatic carbocycles. The SMILES string of the molecule is COC(=O)c1ccc2c(C(=Nc3ccc(CN4CCC(O)CC4)cc3)c3ccccc3)c(O)[nH]c2c1. The maximum atomic E-state index is 12.0. The number of piperidine rings is 1. The Balaban J connectivity index is 1.50. The number of esters is 1. The summed E-state index contributed by atoms with van der Waals surface area (Å²) in [6.07, 6.45) is 1.46. The highest BCUT2D eigenvalue weighted by Gasteiger charge is 2.20. The van der Waals surface area contributed by atoms with Crippen molar-refractivity contribution in [2.75, 3.05) is 20.2 Å². The summed E-state index contributed by atoms with van der Waals surface area (Å²) >= 11 is 0. The van der Waals surface area contributed by atoms with Crippen molar-refractivity contribution in [2.45, 2.75) is 25.5 Å². The second-order valence-electron chi connectivity index (χ2n) is 9.10. The number of carbonyl (C=O) groups is 1. The Morgan fingerprint density at radius 2 is 1.75 bits per heavy atom. The fourth-order valence-corrected chi connectivity index (χ4v) is 4.67. The number of ether oxygens (including phenoxy) is 1. The molecule has 0 saturated carbocycles. The second kappa shape index (κ2) is 10.4. The Morgan fingerprint density at radius 3 is 2.44 bits per heavy atom. The predicted molar refractivity (Wildman–Crippen MR) is 140 cm³/mol. The average molecular weight is 484 g/mol. The van der Waals surface area contributed by atoms with Gasteiger partial charge in [0.1, 0.15) is 0 Å². The number of benzene rings is 3. The number of aromatic hydroxyl groups is 1. The number of likely N-dealkylation sites (tertiary alicyclic amines) is 1. The lowest BCUT2D eigenvalue weighted by Gasteiger charge is -2.29. The molecule has 7 nitrogen and oxygen atoms in total. The largest absolute Gasteiger partial charge is 0.494 e. The van der Waals surface area contributed by atoms with E-state index >= 15 is 0 Å². The van der Waals surface area contributed by atoms with E-state index in [0.717, 1.165) is 49.1 Å². The topological polar surface area (TPSA) is 98.2 Å². The van der Waals surface area contributed by atoms with Gasteiger partial charge in [-0.15, -0.1) is 0 Å². The summed E-state index contributed by atoms with van der Waals surface area (Å²) in [5.41, 5.74) is 5.04. The quantitative estimate of drug-likeness (QED) is 0.271. The molecule has 0 atom stereocenters. The van der Waals surface area contributed by atoms with Crippen LogP contribution in [0.25, 0.3) is 10.9 Å². The lowest BCUT2D eigenvalue weighted by Crippen LogP contribution is -2.35. The number of H-pyrrole nitrogens is 1. The third kappa shape index (κ3) is 5.03. The minimum absolute atomic E-state index is 0.0153. The van der Waals surface area contributed by atoms with Gasteiger partial charge >= 0.3 is 5.97 Å². The van der Waals surface area contributed by atoms with Gasteiger partial charge in [-0.3, -0.25) is 4.90 Å². The van der Waals surface area contributed by atoms with Gasteiger partial charge in [0.05, 0.1) is 35.7 Å². The number of aliphatic hydroxyl groups is 1. The molecular weight excluding hydrogens is 454 g/mol. The van der Waals surface area contributed by atoms with Gasteiger partial charge in [-0.2, -0.15) is 0 Å². The van der Waals surface area contributed by atoms with Crippen molar-refractivity contribution in [3.05, 3.63) is 95.1 Å². The first-order valence-corrected chi connectivity index (χ1v) is 12.1. The molecule has 5 rings (SSSR count). The summed E-state index contributed by atoms with van der Waals surface area (Å²) in [6, 6.07) is 23.0. The number of carbonyl (C=O) groups excluding carboxylic acids is 1. The van der Waals surface area contributed by atoms with Crippen molar-refractivity contribution in [2.24, 2.45) is 4.99 Å². The second-order valence-corrected chi connectivity index (χ2v) is 9.10. The summed E-state index contributed by atoms with van der Waals surface area (Å²) in [7, 11) is 1.34. The Labute approximate surface area is 209 Å². The maximum Gasteiger partial charge on any atom is 0.337 e.